The van der Waals surface area contributed by atoms with Gasteiger partial charge in [0.05, 0.1) is 0 Å². The fraction of sp³-hybridized carbons (Fsp3) is 0.767. The number of benzene rings is 1. The minimum absolute atomic E-state index is 0.00560. The monoisotopic (exact) mass is 499 g/mol. The highest BCUT2D eigenvalue weighted by Gasteiger charge is 2.60. The highest BCUT2D eigenvalue weighted by atomic mass is 19.2. The summed E-state index contributed by atoms with van der Waals surface area (Å²) < 4.78 is 27.7. The van der Waals surface area contributed by atoms with Crippen LogP contribution in [0.25, 0.3) is 11.0 Å². The predicted molar refractivity (Wildman–Crippen MR) is 138 cm³/mol. The third kappa shape index (κ3) is 3.93. The van der Waals surface area contributed by atoms with Crippen LogP contribution < -0.4 is 0 Å². The Morgan fingerprint density at radius 3 is 2.47 bits per heavy atom. The zero-order valence-corrected chi connectivity index (χ0v) is 22.7. The van der Waals surface area contributed by atoms with Crippen molar-refractivity contribution in [2.45, 2.75) is 99.0 Å². The zero-order chi connectivity index (χ0) is 25.8. The molecule has 1 aromatic heterocycles. The highest BCUT2D eigenvalue weighted by molar-refractivity contribution is 5.82. The Balaban J connectivity index is 0.00000130. The molecule has 0 saturated heterocycles. The average molecular weight is 500 g/mol. The van der Waals surface area contributed by atoms with Gasteiger partial charge in [-0.15, -0.1) is 5.10 Å². The molecule has 198 valence electrons. The Labute approximate surface area is 214 Å². The summed E-state index contributed by atoms with van der Waals surface area (Å²) in [5.41, 5.74) is 0.704. The van der Waals surface area contributed by atoms with Gasteiger partial charge in [0.1, 0.15) is 12.1 Å². The fourth-order valence-corrected chi connectivity index (χ4v) is 9.29. The topological polar surface area (TPSA) is 47.8 Å². The van der Waals surface area contributed by atoms with Gasteiger partial charge < -0.3 is 0 Å². The van der Waals surface area contributed by atoms with Crippen LogP contribution in [0.2, 0.25) is 0 Å². The van der Waals surface area contributed by atoms with Gasteiger partial charge in [0.15, 0.2) is 22.9 Å². The molecule has 1 heterocycles. The van der Waals surface area contributed by atoms with Crippen LogP contribution in [0, 0.1) is 58.0 Å². The lowest BCUT2D eigenvalue weighted by molar-refractivity contribution is -0.137. The number of aromatic nitrogens is 3. The second kappa shape index (κ2) is 9.47. The van der Waals surface area contributed by atoms with E-state index in [1.807, 2.05) is 13.8 Å². The number of fused-ring (bicyclic) bond motifs is 6. The van der Waals surface area contributed by atoms with Crippen LogP contribution in [-0.2, 0) is 11.3 Å². The molecule has 6 heteroatoms. The van der Waals surface area contributed by atoms with Crippen LogP contribution in [0.15, 0.2) is 12.1 Å². The van der Waals surface area contributed by atoms with E-state index in [0.29, 0.717) is 11.3 Å². The molecule has 4 aliphatic rings. The normalized spacial score (nSPS) is 39.5. The number of carbonyl (C=O) groups is 1. The fourth-order valence-electron chi connectivity index (χ4n) is 9.29. The van der Waals surface area contributed by atoms with E-state index in [1.165, 1.54) is 49.4 Å². The first-order valence-corrected chi connectivity index (χ1v) is 14.4. The number of hydrogen-bond donors (Lipinski definition) is 0. The van der Waals surface area contributed by atoms with Gasteiger partial charge in [-0.25, -0.2) is 8.78 Å². The van der Waals surface area contributed by atoms with E-state index in [4.69, 9.17) is 0 Å². The molecule has 0 aliphatic heterocycles. The first-order chi connectivity index (χ1) is 17.2. The molecular weight excluding hydrogens is 456 g/mol. The largest absolute Gasteiger partial charge is 0.297 e. The minimum atomic E-state index is -0.997. The molecule has 4 aliphatic carbocycles. The lowest BCUT2D eigenvalue weighted by Gasteiger charge is -2.61. The van der Waals surface area contributed by atoms with Gasteiger partial charge in [0, 0.05) is 5.92 Å². The molecule has 0 spiro atoms. The molecule has 8 atom stereocenters. The molecule has 4 nitrogen and oxygen atoms in total. The Morgan fingerprint density at radius 1 is 0.972 bits per heavy atom. The average Bonchev–Trinajstić information content (AvgIpc) is 3.44. The molecule has 0 amide bonds. The first-order valence-electron chi connectivity index (χ1n) is 14.4. The molecule has 6 unspecified atom stereocenters. The summed E-state index contributed by atoms with van der Waals surface area (Å²) in [6.07, 6.45) is 11.3. The number of rotatable bonds is 3. The van der Waals surface area contributed by atoms with Crippen molar-refractivity contribution < 1.29 is 13.6 Å². The van der Waals surface area contributed by atoms with E-state index >= 15 is 0 Å². The lowest BCUT2D eigenvalue weighted by Crippen LogP contribution is -2.53. The Bertz CT molecular complexity index is 1130. The maximum Gasteiger partial charge on any atom is 0.188 e. The number of Topliss-reactive ketones (excluding diaryl/α,β-unsaturated/α-hetero) is 1. The van der Waals surface area contributed by atoms with Crippen molar-refractivity contribution in [1.29, 1.82) is 0 Å². The van der Waals surface area contributed by atoms with Crippen LogP contribution in [0.3, 0.4) is 0 Å². The summed E-state index contributed by atoms with van der Waals surface area (Å²) in [7, 11) is 0. The summed E-state index contributed by atoms with van der Waals surface area (Å²) in [5.74, 6) is 2.14. The summed E-state index contributed by atoms with van der Waals surface area (Å²) in [4.78, 5) is 14.8. The SMILES string of the molecule is CC.CC1CC[C@@]2(C)C(CCC3C2CC[C@]2(C)C(C(=O)Cn4nc5ccc(F)c(F)c5n4)CCC32)C1. The molecule has 0 bridgehead atoms. The highest BCUT2D eigenvalue weighted by Crippen LogP contribution is 2.67. The lowest BCUT2D eigenvalue weighted by atomic mass is 9.44. The van der Waals surface area contributed by atoms with Crippen molar-refractivity contribution in [1.82, 2.24) is 15.0 Å². The van der Waals surface area contributed by atoms with E-state index in [0.717, 1.165) is 49.0 Å². The van der Waals surface area contributed by atoms with Crippen molar-refractivity contribution in [3.8, 4) is 0 Å². The Hall–Kier alpha value is -1.85. The van der Waals surface area contributed by atoms with Crippen LogP contribution in [-0.4, -0.2) is 20.8 Å². The number of carbonyl (C=O) groups excluding carboxylic acids is 1. The van der Waals surface area contributed by atoms with Crippen LogP contribution in [0.5, 0.6) is 0 Å². The van der Waals surface area contributed by atoms with E-state index in [9.17, 15) is 13.6 Å². The van der Waals surface area contributed by atoms with Gasteiger partial charge >= 0.3 is 0 Å². The van der Waals surface area contributed by atoms with Crippen molar-refractivity contribution >= 4 is 16.8 Å². The van der Waals surface area contributed by atoms with E-state index in [2.05, 4.69) is 31.0 Å². The number of ketones is 1. The predicted octanol–water partition coefficient (Wildman–Crippen LogP) is 7.60. The molecule has 4 fully saturated rings. The zero-order valence-electron chi connectivity index (χ0n) is 22.7. The molecule has 36 heavy (non-hydrogen) atoms. The summed E-state index contributed by atoms with van der Waals surface area (Å²) in [6, 6.07) is 2.47. The molecule has 0 N–H and O–H groups in total. The summed E-state index contributed by atoms with van der Waals surface area (Å²) in [6.45, 7) is 11.4. The summed E-state index contributed by atoms with van der Waals surface area (Å²) in [5, 5.41) is 8.36. The van der Waals surface area contributed by atoms with Gasteiger partial charge in [-0.2, -0.15) is 9.90 Å². The van der Waals surface area contributed by atoms with Crippen LogP contribution >= 0.6 is 0 Å². The van der Waals surface area contributed by atoms with Gasteiger partial charge in [-0.3, -0.25) is 4.79 Å². The van der Waals surface area contributed by atoms with Gasteiger partial charge in [0.2, 0.25) is 0 Å². The smallest absolute Gasteiger partial charge is 0.188 e. The quantitative estimate of drug-likeness (QED) is 0.437. The second-order valence-corrected chi connectivity index (χ2v) is 12.6. The third-order valence-electron chi connectivity index (χ3n) is 11.1. The number of hydrogen-bond acceptors (Lipinski definition) is 3. The Morgan fingerprint density at radius 2 is 1.69 bits per heavy atom. The van der Waals surface area contributed by atoms with Crippen LogP contribution in [0.1, 0.15) is 92.4 Å². The van der Waals surface area contributed by atoms with Gasteiger partial charge in [0.25, 0.3) is 0 Å². The van der Waals surface area contributed by atoms with E-state index < -0.39 is 11.6 Å². The van der Waals surface area contributed by atoms with Crippen LogP contribution in [0.4, 0.5) is 8.78 Å². The number of halogens is 2. The van der Waals surface area contributed by atoms with Crippen molar-refractivity contribution in [2.75, 3.05) is 0 Å². The van der Waals surface area contributed by atoms with E-state index in [-0.39, 0.29) is 34.7 Å². The maximum absolute atomic E-state index is 14.1. The standard InChI is InChI=1S/C28H37F2N3O.C2H6/c1-16-10-12-27(2)17(14-16)4-5-18-19-6-7-21(28(19,3)13-11-20(18)27)24(34)15-33-31-23-9-8-22(29)25(30)26(23)32-33;1-2/h8-9,16-21H,4-7,10-15H2,1-3H3;1-2H3/t16?,17?,18?,19?,20?,21?,27-,28-;/m0./s1. The third-order valence-corrected chi connectivity index (χ3v) is 11.1. The molecule has 4 saturated carbocycles. The number of nitrogens with zero attached hydrogens (tertiary/aromatic N) is 3. The first kappa shape index (κ1) is 25.8. The second-order valence-electron chi connectivity index (χ2n) is 12.6. The minimum Gasteiger partial charge on any atom is -0.297 e. The van der Waals surface area contributed by atoms with Crippen molar-refractivity contribution in [3.63, 3.8) is 0 Å². The van der Waals surface area contributed by atoms with E-state index in [1.54, 1.807) is 0 Å². The van der Waals surface area contributed by atoms with Gasteiger partial charge in [-0.05, 0) is 104 Å². The molecule has 6 rings (SSSR count). The van der Waals surface area contributed by atoms with Crippen molar-refractivity contribution in [2.24, 2.45) is 46.3 Å². The molecular formula is C30H43F2N3O. The Kier molecular flexibility index (Phi) is 6.78. The van der Waals surface area contributed by atoms with Crippen molar-refractivity contribution in [3.05, 3.63) is 23.8 Å². The molecule has 0 radical (unpaired) electrons. The molecule has 2 aromatic rings. The summed E-state index contributed by atoms with van der Waals surface area (Å²) >= 11 is 0. The van der Waals surface area contributed by atoms with Gasteiger partial charge in [-0.1, -0.05) is 41.0 Å². The molecule has 1 aromatic carbocycles. The maximum atomic E-state index is 14.1.